The average molecular weight is 546 g/mol. The van der Waals surface area contributed by atoms with Crippen molar-refractivity contribution in [3.05, 3.63) is 65.2 Å². The number of rotatable bonds is 8. The van der Waals surface area contributed by atoms with E-state index in [4.69, 9.17) is 15.5 Å². The van der Waals surface area contributed by atoms with Gasteiger partial charge in [0, 0.05) is 31.2 Å². The Labute approximate surface area is 235 Å². The van der Waals surface area contributed by atoms with Crippen LogP contribution in [0.25, 0.3) is 0 Å². The molecule has 1 aliphatic heterocycles. The normalized spacial score (nSPS) is 16.9. The number of ether oxygens (including phenoxy) is 1. The van der Waals surface area contributed by atoms with E-state index in [1.54, 1.807) is 11.1 Å². The van der Waals surface area contributed by atoms with E-state index in [2.05, 4.69) is 21.5 Å². The molecule has 40 heavy (non-hydrogen) atoms. The summed E-state index contributed by atoms with van der Waals surface area (Å²) in [6.07, 6.45) is 10.1. The second-order valence-electron chi connectivity index (χ2n) is 12.0. The molecule has 0 unspecified atom stereocenters. The summed E-state index contributed by atoms with van der Waals surface area (Å²) in [6.45, 7) is 8.92. The van der Waals surface area contributed by atoms with E-state index in [9.17, 15) is 9.59 Å². The lowest BCUT2D eigenvalue weighted by molar-refractivity contribution is -0.120. The Hall–Kier alpha value is -3.95. The van der Waals surface area contributed by atoms with E-state index in [0.717, 1.165) is 66.6 Å². The molecule has 10 heteroatoms. The number of amides is 2. The van der Waals surface area contributed by atoms with Crippen molar-refractivity contribution in [3.8, 4) is 0 Å². The minimum absolute atomic E-state index is 0.207. The molecular formula is C30H39N7O3. The van der Waals surface area contributed by atoms with Gasteiger partial charge in [0.2, 0.25) is 11.9 Å². The van der Waals surface area contributed by atoms with Gasteiger partial charge in [-0.3, -0.25) is 9.48 Å². The van der Waals surface area contributed by atoms with Gasteiger partial charge in [0.05, 0.1) is 23.3 Å². The molecule has 2 aromatic heterocycles. The zero-order chi connectivity index (χ0) is 28.5. The van der Waals surface area contributed by atoms with Gasteiger partial charge >= 0.3 is 6.09 Å². The molecule has 1 saturated carbocycles. The van der Waals surface area contributed by atoms with Gasteiger partial charge < -0.3 is 20.7 Å². The number of aryl methyl sites for hydroxylation is 3. The number of piperidine rings is 1. The summed E-state index contributed by atoms with van der Waals surface area (Å²) in [4.78, 5) is 35.6. The van der Waals surface area contributed by atoms with Crippen LogP contribution in [0.2, 0.25) is 0 Å². The molecule has 0 atom stereocenters. The lowest BCUT2D eigenvalue weighted by Crippen LogP contribution is -2.42. The highest BCUT2D eigenvalue weighted by molar-refractivity contribution is 5.90. The van der Waals surface area contributed by atoms with Gasteiger partial charge in [-0.2, -0.15) is 5.10 Å². The quantitative estimate of drug-likeness (QED) is 0.423. The van der Waals surface area contributed by atoms with Crippen molar-refractivity contribution in [1.82, 2.24) is 24.6 Å². The molecule has 2 amide bonds. The van der Waals surface area contributed by atoms with Crippen LogP contribution in [0.4, 0.5) is 16.4 Å². The van der Waals surface area contributed by atoms with Crippen molar-refractivity contribution in [3.63, 3.8) is 0 Å². The monoisotopic (exact) mass is 545 g/mol. The molecule has 1 aliphatic carbocycles. The molecule has 0 spiro atoms. The van der Waals surface area contributed by atoms with Crippen molar-refractivity contribution in [2.24, 2.45) is 5.73 Å². The van der Waals surface area contributed by atoms with Gasteiger partial charge in [-0.1, -0.05) is 24.3 Å². The number of hydrogen-bond acceptors (Lipinski definition) is 7. The van der Waals surface area contributed by atoms with E-state index in [1.807, 2.05) is 63.0 Å². The van der Waals surface area contributed by atoms with E-state index in [0.29, 0.717) is 19.0 Å². The highest BCUT2D eigenvalue weighted by Gasteiger charge is 2.50. The predicted octanol–water partition coefficient (Wildman–Crippen LogP) is 4.60. The minimum atomic E-state index is -0.503. The van der Waals surface area contributed by atoms with Gasteiger partial charge in [0.1, 0.15) is 5.60 Å². The molecule has 1 aromatic carbocycles. The lowest BCUT2D eigenvalue weighted by atomic mass is 9.88. The van der Waals surface area contributed by atoms with Crippen molar-refractivity contribution in [1.29, 1.82) is 0 Å². The van der Waals surface area contributed by atoms with Crippen LogP contribution in [0, 0.1) is 6.92 Å². The molecular weight excluding hydrogens is 506 g/mol. The number of carbonyl (C=O) groups is 2. The van der Waals surface area contributed by atoms with E-state index in [-0.39, 0.29) is 18.0 Å². The van der Waals surface area contributed by atoms with Crippen LogP contribution < -0.4 is 11.1 Å². The second kappa shape index (κ2) is 10.9. The lowest BCUT2D eigenvalue weighted by Gasteiger charge is -2.33. The maximum absolute atomic E-state index is 12.4. The molecule has 2 fully saturated rings. The molecule has 3 aromatic rings. The maximum atomic E-state index is 12.4. The Morgan fingerprint density at radius 2 is 1.85 bits per heavy atom. The van der Waals surface area contributed by atoms with Crippen molar-refractivity contribution < 1.29 is 14.3 Å². The zero-order valence-corrected chi connectivity index (χ0v) is 23.8. The summed E-state index contributed by atoms with van der Waals surface area (Å²) >= 11 is 0. The van der Waals surface area contributed by atoms with E-state index >= 15 is 0 Å². The van der Waals surface area contributed by atoms with Gasteiger partial charge in [-0.25, -0.2) is 14.8 Å². The first kappa shape index (κ1) is 27.6. The SMILES string of the molecule is Cc1cnc(Nc2cnn(C3CCN(C(=O)OC(C)(C)C)CC3)c2)nc1CCc1ccccc1C1(C(N)=O)CC1. The van der Waals surface area contributed by atoms with Crippen molar-refractivity contribution in [2.45, 2.75) is 83.3 Å². The maximum Gasteiger partial charge on any atom is 0.410 e. The Kier molecular flexibility index (Phi) is 7.53. The highest BCUT2D eigenvalue weighted by atomic mass is 16.6. The zero-order valence-electron chi connectivity index (χ0n) is 23.8. The molecule has 1 saturated heterocycles. The average Bonchev–Trinajstić information content (AvgIpc) is 3.61. The van der Waals surface area contributed by atoms with Crippen LogP contribution in [0.15, 0.2) is 42.9 Å². The Morgan fingerprint density at radius 1 is 1.12 bits per heavy atom. The standard InChI is InChI=1S/C30H39N7O3/c1-20-17-32-27(35-25(20)10-9-21-7-5-6-8-24(21)30(13-14-30)26(31)38)34-22-18-33-37(19-22)23-11-15-36(16-12-23)28(39)40-29(2,3)4/h5-8,17-19,23H,9-16H2,1-4H3,(H2,31,38)(H,32,34,35). The van der Waals surface area contributed by atoms with Crippen LogP contribution in [-0.2, 0) is 27.8 Å². The summed E-state index contributed by atoms with van der Waals surface area (Å²) < 4.78 is 7.46. The van der Waals surface area contributed by atoms with Crippen molar-refractivity contribution >= 4 is 23.6 Å². The number of carbonyl (C=O) groups excluding carboxylic acids is 2. The topological polar surface area (TPSA) is 128 Å². The molecule has 3 heterocycles. The first-order chi connectivity index (χ1) is 19.0. The Balaban J connectivity index is 1.20. The number of benzene rings is 1. The van der Waals surface area contributed by atoms with E-state index in [1.165, 1.54) is 0 Å². The molecule has 10 nitrogen and oxygen atoms in total. The number of hydrogen-bond donors (Lipinski definition) is 2. The summed E-state index contributed by atoms with van der Waals surface area (Å²) in [7, 11) is 0. The fourth-order valence-electron chi connectivity index (χ4n) is 5.39. The predicted molar refractivity (Wildman–Crippen MR) is 152 cm³/mol. The van der Waals surface area contributed by atoms with Gasteiger partial charge in [0.25, 0.3) is 0 Å². The summed E-state index contributed by atoms with van der Waals surface area (Å²) in [6, 6.07) is 8.31. The molecule has 212 valence electrons. The largest absolute Gasteiger partial charge is 0.444 e. The molecule has 0 radical (unpaired) electrons. The summed E-state index contributed by atoms with van der Waals surface area (Å²) in [5.74, 6) is 0.280. The van der Waals surface area contributed by atoms with Crippen LogP contribution in [0.3, 0.4) is 0 Å². The first-order valence-corrected chi connectivity index (χ1v) is 14.0. The van der Waals surface area contributed by atoms with Crippen LogP contribution in [0.5, 0.6) is 0 Å². The molecule has 0 bridgehead atoms. The number of nitrogens with two attached hydrogens (primary N) is 1. The third-order valence-electron chi connectivity index (χ3n) is 7.81. The Bertz CT molecular complexity index is 1380. The van der Waals surface area contributed by atoms with Crippen LogP contribution in [-0.4, -0.2) is 55.3 Å². The molecule has 5 rings (SSSR count). The fourth-order valence-corrected chi connectivity index (χ4v) is 5.39. The van der Waals surface area contributed by atoms with Gasteiger partial charge in [-0.05, 0) is 82.9 Å². The van der Waals surface area contributed by atoms with Crippen LogP contribution in [0.1, 0.15) is 74.9 Å². The third-order valence-corrected chi connectivity index (χ3v) is 7.81. The summed E-state index contributed by atoms with van der Waals surface area (Å²) in [5.41, 5.74) is 9.73. The smallest absolute Gasteiger partial charge is 0.410 e. The van der Waals surface area contributed by atoms with Gasteiger partial charge in [-0.15, -0.1) is 0 Å². The number of nitrogens with one attached hydrogen (secondary N) is 1. The Morgan fingerprint density at radius 3 is 2.52 bits per heavy atom. The van der Waals surface area contributed by atoms with Gasteiger partial charge in [0.15, 0.2) is 0 Å². The fraction of sp³-hybridized carbons (Fsp3) is 0.500. The van der Waals surface area contributed by atoms with E-state index < -0.39 is 11.0 Å². The number of primary amides is 1. The number of aromatic nitrogens is 4. The van der Waals surface area contributed by atoms with Crippen LogP contribution >= 0.6 is 0 Å². The third kappa shape index (κ3) is 6.11. The molecule has 3 N–H and O–H groups in total. The van der Waals surface area contributed by atoms with Crippen molar-refractivity contribution in [2.75, 3.05) is 18.4 Å². The first-order valence-electron chi connectivity index (χ1n) is 14.0. The minimum Gasteiger partial charge on any atom is -0.444 e. The number of anilines is 2. The molecule has 2 aliphatic rings. The summed E-state index contributed by atoms with van der Waals surface area (Å²) in [5, 5.41) is 7.85. The highest BCUT2D eigenvalue weighted by Crippen LogP contribution is 2.49. The number of nitrogens with zero attached hydrogens (tertiary/aromatic N) is 5. The second-order valence-corrected chi connectivity index (χ2v) is 12.0. The number of likely N-dealkylation sites (tertiary alicyclic amines) is 1.